The number of anilines is 1. The topological polar surface area (TPSA) is 79.0 Å². The van der Waals surface area contributed by atoms with Crippen molar-refractivity contribution in [1.82, 2.24) is 25.5 Å². The minimum absolute atomic E-state index is 0.292. The molecule has 0 spiro atoms. The molecule has 2 aliphatic rings. The summed E-state index contributed by atoms with van der Waals surface area (Å²) in [7, 11) is 0. The lowest BCUT2D eigenvalue weighted by Gasteiger charge is -2.35. The largest absolute Gasteiger partial charge is 0.377 e. The molecule has 3 aromatic heterocycles. The summed E-state index contributed by atoms with van der Waals surface area (Å²) in [5.74, 6) is 0.992. The summed E-state index contributed by atoms with van der Waals surface area (Å²) in [5.41, 5.74) is 5.26. The second kappa shape index (κ2) is 7.33. The zero-order valence-electron chi connectivity index (χ0n) is 16.0. The average molecular weight is 376 g/mol. The third kappa shape index (κ3) is 3.06. The first-order valence-electron chi connectivity index (χ1n) is 9.85. The quantitative estimate of drug-likeness (QED) is 0.732. The number of aromatic amines is 1. The first-order chi connectivity index (χ1) is 13.8. The number of aromatic nitrogens is 4. The van der Waals surface area contributed by atoms with E-state index in [9.17, 15) is 0 Å². The first-order valence-corrected chi connectivity index (χ1v) is 9.85. The van der Waals surface area contributed by atoms with Crippen LogP contribution in [0.4, 0.5) is 5.82 Å². The number of ether oxygens (including phenoxy) is 1. The molecule has 1 saturated heterocycles. The number of fused-ring (bicyclic) bond motifs is 1. The van der Waals surface area contributed by atoms with Crippen molar-refractivity contribution >= 4 is 22.3 Å². The van der Waals surface area contributed by atoms with E-state index < -0.39 is 0 Å². The summed E-state index contributed by atoms with van der Waals surface area (Å²) in [6, 6.07) is 6.56. The Kier molecular flexibility index (Phi) is 4.54. The Morgan fingerprint density at radius 2 is 2.21 bits per heavy atom. The van der Waals surface area contributed by atoms with E-state index in [0.29, 0.717) is 6.04 Å². The van der Waals surface area contributed by atoms with Crippen molar-refractivity contribution < 1.29 is 4.74 Å². The molecule has 0 aromatic carbocycles. The Balaban J connectivity index is 1.74. The van der Waals surface area contributed by atoms with Crippen molar-refractivity contribution in [3.05, 3.63) is 42.2 Å². The van der Waals surface area contributed by atoms with Crippen LogP contribution in [0.15, 0.2) is 36.7 Å². The highest BCUT2D eigenvalue weighted by Gasteiger charge is 2.23. The van der Waals surface area contributed by atoms with E-state index in [1.54, 1.807) is 6.20 Å². The summed E-state index contributed by atoms with van der Waals surface area (Å²) in [6.07, 6.45) is 6.92. The number of hydrogen-bond donors (Lipinski definition) is 2. The molecular weight excluding hydrogens is 352 g/mol. The monoisotopic (exact) mass is 376 g/mol. The molecule has 0 radical (unpaired) electrons. The molecule has 7 heteroatoms. The van der Waals surface area contributed by atoms with Gasteiger partial charge in [0.15, 0.2) is 0 Å². The zero-order valence-corrected chi connectivity index (χ0v) is 16.0. The van der Waals surface area contributed by atoms with Gasteiger partial charge < -0.3 is 15.0 Å². The Bertz CT molecular complexity index is 1010. The van der Waals surface area contributed by atoms with Crippen molar-refractivity contribution in [2.75, 3.05) is 37.7 Å². The molecule has 1 fully saturated rings. The molecule has 3 aromatic rings. The maximum Gasteiger partial charge on any atom is 0.130 e. The molecule has 144 valence electrons. The molecule has 1 atom stereocenters. The van der Waals surface area contributed by atoms with Crippen molar-refractivity contribution in [3.63, 3.8) is 0 Å². The average Bonchev–Trinajstić information content (AvgIpc) is 3.28. The minimum atomic E-state index is 0.292. The van der Waals surface area contributed by atoms with Gasteiger partial charge in [-0.05, 0) is 49.2 Å². The standard InChI is InChI=1S/C21H24N6O/c1-14-13-28-11-10-27(14)19-12-17(15-2-6-22-7-3-15)16-4-8-23-21(20(16)25-19)18-5-9-24-26-18/h2,4-5,8-9,12,14,22H,3,6-7,10-11,13H2,1H3,(H,24,26)/t14-/m1/s1. The Morgan fingerprint density at radius 1 is 1.25 bits per heavy atom. The van der Waals surface area contributed by atoms with Crippen LogP contribution in [0.3, 0.4) is 0 Å². The number of rotatable bonds is 3. The fraction of sp³-hybridized carbons (Fsp3) is 0.381. The molecule has 5 heterocycles. The summed E-state index contributed by atoms with van der Waals surface area (Å²) < 4.78 is 5.64. The number of nitrogens with one attached hydrogen (secondary N) is 2. The van der Waals surface area contributed by atoms with Crippen LogP contribution in [-0.2, 0) is 4.74 Å². The predicted molar refractivity (Wildman–Crippen MR) is 110 cm³/mol. The van der Waals surface area contributed by atoms with Gasteiger partial charge in [0.1, 0.15) is 17.0 Å². The van der Waals surface area contributed by atoms with Crippen molar-refractivity contribution in [2.24, 2.45) is 0 Å². The van der Waals surface area contributed by atoms with E-state index in [1.165, 1.54) is 11.1 Å². The maximum atomic E-state index is 5.64. The molecule has 0 saturated carbocycles. The van der Waals surface area contributed by atoms with Crippen molar-refractivity contribution in [3.8, 4) is 11.4 Å². The van der Waals surface area contributed by atoms with Crippen LogP contribution in [0, 0.1) is 0 Å². The van der Waals surface area contributed by atoms with E-state index >= 15 is 0 Å². The van der Waals surface area contributed by atoms with Gasteiger partial charge in [-0.1, -0.05) is 6.08 Å². The molecule has 28 heavy (non-hydrogen) atoms. The van der Waals surface area contributed by atoms with Gasteiger partial charge in [-0.25, -0.2) is 4.98 Å². The number of nitrogens with zero attached hydrogens (tertiary/aromatic N) is 4. The van der Waals surface area contributed by atoms with E-state index in [0.717, 1.165) is 67.4 Å². The van der Waals surface area contributed by atoms with E-state index in [-0.39, 0.29) is 0 Å². The van der Waals surface area contributed by atoms with Crippen LogP contribution in [-0.4, -0.2) is 59.1 Å². The van der Waals surface area contributed by atoms with Gasteiger partial charge >= 0.3 is 0 Å². The highest BCUT2D eigenvalue weighted by Crippen LogP contribution is 2.34. The number of H-pyrrole nitrogens is 1. The van der Waals surface area contributed by atoms with Gasteiger partial charge in [0.2, 0.25) is 0 Å². The lowest BCUT2D eigenvalue weighted by molar-refractivity contribution is 0.0985. The Hall–Kier alpha value is -2.77. The van der Waals surface area contributed by atoms with Crippen LogP contribution in [0.1, 0.15) is 18.9 Å². The third-order valence-corrected chi connectivity index (χ3v) is 5.54. The van der Waals surface area contributed by atoms with Gasteiger partial charge in [0.05, 0.1) is 24.9 Å². The Morgan fingerprint density at radius 3 is 3.00 bits per heavy atom. The van der Waals surface area contributed by atoms with Crippen LogP contribution in [0.5, 0.6) is 0 Å². The second-order valence-corrected chi connectivity index (χ2v) is 7.35. The molecule has 7 nitrogen and oxygen atoms in total. The lowest BCUT2D eigenvalue weighted by Crippen LogP contribution is -2.44. The van der Waals surface area contributed by atoms with Crippen LogP contribution in [0.25, 0.3) is 27.9 Å². The molecule has 0 unspecified atom stereocenters. The van der Waals surface area contributed by atoms with Gasteiger partial charge in [0.25, 0.3) is 0 Å². The van der Waals surface area contributed by atoms with E-state index in [2.05, 4.69) is 50.5 Å². The van der Waals surface area contributed by atoms with Crippen molar-refractivity contribution in [1.29, 1.82) is 0 Å². The summed E-state index contributed by atoms with van der Waals surface area (Å²) in [5, 5.41) is 11.7. The SMILES string of the molecule is C[C@@H]1COCCN1c1cc(C2=CCNCC2)c2ccnc(-c3ccn[nH]3)c2n1. The first kappa shape index (κ1) is 17.3. The van der Waals surface area contributed by atoms with E-state index in [4.69, 9.17) is 9.72 Å². The Labute approximate surface area is 163 Å². The summed E-state index contributed by atoms with van der Waals surface area (Å²) >= 11 is 0. The smallest absolute Gasteiger partial charge is 0.130 e. The molecule has 2 aliphatic heterocycles. The van der Waals surface area contributed by atoms with E-state index in [1.807, 2.05) is 12.3 Å². The highest BCUT2D eigenvalue weighted by molar-refractivity contribution is 5.99. The number of pyridine rings is 2. The molecule has 0 aliphatic carbocycles. The van der Waals surface area contributed by atoms with Crippen LogP contribution in [0.2, 0.25) is 0 Å². The minimum Gasteiger partial charge on any atom is -0.377 e. The second-order valence-electron chi connectivity index (χ2n) is 7.35. The molecule has 0 amide bonds. The lowest BCUT2D eigenvalue weighted by atomic mass is 9.96. The highest BCUT2D eigenvalue weighted by atomic mass is 16.5. The molecular formula is C21H24N6O. The zero-order chi connectivity index (χ0) is 18.9. The van der Waals surface area contributed by atoms with Gasteiger partial charge in [-0.15, -0.1) is 0 Å². The fourth-order valence-corrected chi connectivity index (χ4v) is 4.07. The van der Waals surface area contributed by atoms with Gasteiger partial charge in [0, 0.05) is 30.9 Å². The predicted octanol–water partition coefficient (Wildman–Crippen LogP) is 2.62. The number of hydrogen-bond acceptors (Lipinski definition) is 6. The van der Waals surface area contributed by atoms with Gasteiger partial charge in [-0.3, -0.25) is 10.1 Å². The fourth-order valence-electron chi connectivity index (χ4n) is 4.07. The summed E-state index contributed by atoms with van der Waals surface area (Å²) in [4.78, 5) is 12.1. The van der Waals surface area contributed by atoms with Gasteiger partial charge in [-0.2, -0.15) is 5.10 Å². The molecule has 5 rings (SSSR count). The third-order valence-electron chi connectivity index (χ3n) is 5.54. The number of morpholine rings is 1. The molecule has 0 bridgehead atoms. The van der Waals surface area contributed by atoms with Crippen molar-refractivity contribution in [2.45, 2.75) is 19.4 Å². The maximum absolute atomic E-state index is 5.64. The van der Waals surface area contributed by atoms with Crippen LogP contribution >= 0.6 is 0 Å². The normalized spacial score (nSPS) is 20.4. The van der Waals surface area contributed by atoms with Crippen LogP contribution < -0.4 is 10.2 Å². The molecule has 2 N–H and O–H groups in total. The summed E-state index contributed by atoms with van der Waals surface area (Å²) in [6.45, 7) is 6.39.